The number of aliphatic hydroxyl groups excluding tert-OH is 1. The summed E-state index contributed by atoms with van der Waals surface area (Å²) in [4.78, 5) is 7.97. The molecule has 1 aromatic heterocycles. The van der Waals surface area contributed by atoms with E-state index in [0.717, 1.165) is 24.2 Å². The number of halogens is 1. The van der Waals surface area contributed by atoms with Gasteiger partial charge in [0.15, 0.2) is 0 Å². The minimum absolute atomic E-state index is 0.162. The van der Waals surface area contributed by atoms with E-state index in [2.05, 4.69) is 15.3 Å². The van der Waals surface area contributed by atoms with Gasteiger partial charge in [-0.1, -0.05) is 11.6 Å². The number of rotatable bonds is 2. The van der Waals surface area contributed by atoms with Crippen molar-refractivity contribution in [1.82, 2.24) is 9.97 Å². The van der Waals surface area contributed by atoms with Gasteiger partial charge in [-0.05, 0) is 19.8 Å². The fourth-order valence-corrected chi connectivity index (χ4v) is 1.61. The van der Waals surface area contributed by atoms with Gasteiger partial charge in [0, 0.05) is 11.6 Å². The van der Waals surface area contributed by atoms with Gasteiger partial charge in [0.2, 0.25) is 0 Å². The van der Waals surface area contributed by atoms with Crippen LogP contribution in [0.3, 0.4) is 0 Å². The van der Waals surface area contributed by atoms with Crippen LogP contribution in [-0.2, 0) is 0 Å². The molecule has 2 N–H and O–H groups in total. The molecular weight excluding hydrogens is 202 g/mol. The molecule has 0 amide bonds. The van der Waals surface area contributed by atoms with E-state index in [0.29, 0.717) is 11.2 Å². The number of aliphatic hydroxyl groups is 1. The maximum Gasteiger partial charge on any atom is 0.137 e. The maximum atomic E-state index is 9.12. The molecule has 0 radical (unpaired) electrons. The molecule has 14 heavy (non-hydrogen) atoms. The summed E-state index contributed by atoms with van der Waals surface area (Å²) in [5.74, 6) is 0.766. The van der Waals surface area contributed by atoms with Crippen molar-refractivity contribution in [2.45, 2.75) is 31.9 Å². The Balaban J connectivity index is 2.06. The standard InChI is InChI=1S/C9H12ClN3O/c1-5-8(10)11-4-12-9(5)13-6-2-7(14)3-6/h4,6-7,14H,2-3H2,1H3,(H,11,12,13). The number of hydrogen-bond acceptors (Lipinski definition) is 4. The Morgan fingerprint density at radius 1 is 1.50 bits per heavy atom. The van der Waals surface area contributed by atoms with Crippen LogP contribution >= 0.6 is 11.6 Å². The van der Waals surface area contributed by atoms with Crippen LogP contribution < -0.4 is 5.32 Å². The third-order valence-corrected chi connectivity index (χ3v) is 2.86. The second-order valence-electron chi connectivity index (χ2n) is 3.60. The first-order valence-corrected chi connectivity index (χ1v) is 4.96. The largest absolute Gasteiger partial charge is 0.393 e. The third-order valence-electron chi connectivity index (χ3n) is 2.48. The highest BCUT2D eigenvalue weighted by molar-refractivity contribution is 6.30. The first kappa shape index (κ1) is 9.68. The topological polar surface area (TPSA) is 58.0 Å². The normalized spacial score (nSPS) is 25.6. The van der Waals surface area contributed by atoms with Gasteiger partial charge in [-0.3, -0.25) is 0 Å². The molecule has 1 aromatic rings. The Morgan fingerprint density at radius 3 is 2.86 bits per heavy atom. The Labute approximate surface area is 87.3 Å². The summed E-state index contributed by atoms with van der Waals surface area (Å²) in [6.07, 6.45) is 2.83. The zero-order valence-corrected chi connectivity index (χ0v) is 8.62. The van der Waals surface area contributed by atoms with Crippen molar-refractivity contribution in [2.24, 2.45) is 0 Å². The Hall–Kier alpha value is -0.870. The molecule has 1 saturated carbocycles. The van der Waals surface area contributed by atoms with Gasteiger partial charge in [0.05, 0.1) is 6.10 Å². The lowest BCUT2D eigenvalue weighted by Gasteiger charge is -2.32. The van der Waals surface area contributed by atoms with E-state index in [1.54, 1.807) is 0 Å². The predicted molar refractivity (Wildman–Crippen MR) is 54.4 cm³/mol. The molecule has 0 atom stereocenters. The first-order valence-electron chi connectivity index (χ1n) is 4.58. The SMILES string of the molecule is Cc1c(Cl)ncnc1NC1CC(O)C1. The number of aromatic nitrogens is 2. The van der Waals surface area contributed by atoms with Gasteiger partial charge in [0.25, 0.3) is 0 Å². The van der Waals surface area contributed by atoms with Gasteiger partial charge in [-0.2, -0.15) is 0 Å². The third kappa shape index (κ3) is 1.81. The molecular formula is C9H12ClN3O. The van der Waals surface area contributed by atoms with Gasteiger partial charge >= 0.3 is 0 Å². The van der Waals surface area contributed by atoms with Gasteiger partial charge < -0.3 is 10.4 Å². The van der Waals surface area contributed by atoms with Crippen LogP contribution in [0.5, 0.6) is 0 Å². The fourth-order valence-electron chi connectivity index (χ4n) is 1.47. The van der Waals surface area contributed by atoms with Crippen molar-refractivity contribution < 1.29 is 5.11 Å². The Kier molecular flexibility index (Phi) is 2.56. The predicted octanol–water partition coefficient (Wildman–Crippen LogP) is 1.37. The quantitative estimate of drug-likeness (QED) is 0.729. The molecule has 76 valence electrons. The van der Waals surface area contributed by atoms with Gasteiger partial charge in [0.1, 0.15) is 17.3 Å². The molecule has 2 rings (SSSR count). The minimum atomic E-state index is -0.162. The monoisotopic (exact) mass is 213 g/mol. The van der Waals surface area contributed by atoms with Crippen molar-refractivity contribution in [3.63, 3.8) is 0 Å². The van der Waals surface area contributed by atoms with E-state index in [4.69, 9.17) is 16.7 Å². The summed E-state index contributed by atoms with van der Waals surface area (Å²) in [6.45, 7) is 1.87. The van der Waals surface area contributed by atoms with E-state index < -0.39 is 0 Å². The van der Waals surface area contributed by atoms with E-state index in [9.17, 15) is 0 Å². The van der Waals surface area contributed by atoms with Crippen LogP contribution in [-0.4, -0.2) is 27.2 Å². The number of nitrogens with one attached hydrogen (secondary N) is 1. The Morgan fingerprint density at radius 2 is 2.21 bits per heavy atom. The van der Waals surface area contributed by atoms with Crippen LogP contribution in [0.4, 0.5) is 5.82 Å². The first-order chi connectivity index (χ1) is 6.66. The van der Waals surface area contributed by atoms with Crippen molar-refractivity contribution in [1.29, 1.82) is 0 Å². The molecule has 4 nitrogen and oxygen atoms in total. The van der Waals surface area contributed by atoms with Crippen LogP contribution in [0.25, 0.3) is 0 Å². The van der Waals surface area contributed by atoms with Crippen LogP contribution in [0.15, 0.2) is 6.33 Å². The van der Waals surface area contributed by atoms with Crippen molar-refractivity contribution >= 4 is 17.4 Å². The summed E-state index contributed by atoms with van der Waals surface area (Å²) >= 11 is 5.85. The molecule has 0 unspecified atom stereocenters. The van der Waals surface area contributed by atoms with E-state index in [1.807, 2.05) is 6.92 Å². The summed E-state index contributed by atoms with van der Waals surface area (Å²) in [6, 6.07) is 0.315. The van der Waals surface area contributed by atoms with E-state index in [-0.39, 0.29) is 6.10 Å². The molecule has 5 heteroatoms. The number of nitrogens with zero attached hydrogens (tertiary/aromatic N) is 2. The summed E-state index contributed by atoms with van der Waals surface area (Å²) in [5.41, 5.74) is 0.857. The lowest BCUT2D eigenvalue weighted by molar-refractivity contribution is 0.0835. The molecule has 1 heterocycles. The average molecular weight is 214 g/mol. The van der Waals surface area contributed by atoms with Crippen LogP contribution in [0.2, 0.25) is 5.15 Å². The summed E-state index contributed by atoms with van der Waals surface area (Å²) < 4.78 is 0. The molecule has 1 fully saturated rings. The lowest BCUT2D eigenvalue weighted by Crippen LogP contribution is -2.39. The van der Waals surface area contributed by atoms with Crippen LogP contribution in [0.1, 0.15) is 18.4 Å². The number of hydrogen-bond donors (Lipinski definition) is 2. The Bertz CT molecular complexity index is 339. The maximum absolute atomic E-state index is 9.12. The highest BCUT2D eigenvalue weighted by atomic mass is 35.5. The second-order valence-corrected chi connectivity index (χ2v) is 3.96. The van der Waals surface area contributed by atoms with E-state index >= 15 is 0 Å². The highest BCUT2D eigenvalue weighted by Gasteiger charge is 2.27. The van der Waals surface area contributed by atoms with Crippen LogP contribution in [0, 0.1) is 6.92 Å². The molecule has 0 aromatic carbocycles. The average Bonchev–Trinajstić information content (AvgIpc) is 2.10. The highest BCUT2D eigenvalue weighted by Crippen LogP contribution is 2.25. The fraction of sp³-hybridized carbons (Fsp3) is 0.556. The van der Waals surface area contributed by atoms with Crippen molar-refractivity contribution in [3.05, 3.63) is 17.0 Å². The molecule has 0 spiro atoms. The lowest BCUT2D eigenvalue weighted by atomic mass is 9.89. The summed E-state index contributed by atoms with van der Waals surface area (Å²) in [7, 11) is 0. The molecule has 0 saturated heterocycles. The van der Waals surface area contributed by atoms with Crippen molar-refractivity contribution in [3.8, 4) is 0 Å². The minimum Gasteiger partial charge on any atom is -0.393 e. The van der Waals surface area contributed by atoms with Gasteiger partial charge in [-0.15, -0.1) is 0 Å². The zero-order valence-electron chi connectivity index (χ0n) is 7.87. The smallest absolute Gasteiger partial charge is 0.137 e. The molecule has 0 bridgehead atoms. The van der Waals surface area contributed by atoms with Crippen molar-refractivity contribution in [2.75, 3.05) is 5.32 Å². The zero-order chi connectivity index (χ0) is 10.1. The number of anilines is 1. The van der Waals surface area contributed by atoms with Gasteiger partial charge in [-0.25, -0.2) is 9.97 Å². The second kappa shape index (κ2) is 3.71. The molecule has 1 aliphatic carbocycles. The molecule has 1 aliphatic rings. The summed E-state index contributed by atoms with van der Waals surface area (Å²) in [5, 5.41) is 12.8. The molecule has 0 aliphatic heterocycles. The van der Waals surface area contributed by atoms with E-state index in [1.165, 1.54) is 6.33 Å².